The lowest BCUT2D eigenvalue weighted by Crippen LogP contribution is -2.32. The molecule has 9 heteroatoms. The SMILES string of the molecule is CC(C)(N)CCC(=O)c1nc[nH]c1C(=O)Nc1ccc(CC(=O)c2ccc(F)cc2Cl)cc1. The molecule has 0 bridgehead atoms. The number of anilines is 1. The van der Waals surface area contributed by atoms with Crippen LogP contribution >= 0.6 is 11.6 Å². The maximum atomic E-state index is 13.2. The Labute approximate surface area is 195 Å². The van der Waals surface area contributed by atoms with Crippen LogP contribution in [0, 0.1) is 5.82 Å². The minimum atomic E-state index is -0.512. The van der Waals surface area contributed by atoms with Crippen LogP contribution in [-0.2, 0) is 6.42 Å². The number of amides is 1. The van der Waals surface area contributed by atoms with Gasteiger partial charge >= 0.3 is 0 Å². The molecule has 7 nitrogen and oxygen atoms in total. The second-order valence-corrected chi connectivity index (χ2v) is 8.82. The molecule has 0 atom stereocenters. The quantitative estimate of drug-likeness (QED) is 0.395. The zero-order valence-electron chi connectivity index (χ0n) is 18.2. The maximum absolute atomic E-state index is 13.2. The molecule has 3 aromatic rings. The first kappa shape index (κ1) is 24.3. The van der Waals surface area contributed by atoms with Crippen molar-refractivity contribution < 1.29 is 18.8 Å². The van der Waals surface area contributed by atoms with Crippen molar-refractivity contribution in [2.45, 2.75) is 38.6 Å². The van der Waals surface area contributed by atoms with Gasteiger partial charge in [-0.05, 0) is 56.2 Å². The molecule has 1 heterocycles. The summed E-state index contributed by atoms with van der Waals surface area (Å²) in [5, 5.41) is 2.76. The molecule has 172 valence electrons. The van der Waals surface area contributed by atoms with E-state index < -0.39 is 17.3 Å². The van der Waals surface area contributed by atoms with Gasteiger partial charge in [0.2, 0.25) is 0 Å². The highest BCUT2D eigenvalue weighted by molar-refractivity contribution is 6.34. The van der Waals surface area contributed by atoms with Crippen molar-refractivity contribution in [1.29, 1.82) is 0 Å². The molecule has 2 aromatic carbocycles. The lowest BCUT2D eigenvalue weighted by Gasteiger charge is -2.17. The molecule has 0 aliphatic carbocycles. The van der Waals surface area contributed by atoms with E-state index in [1.165, 1.54) is 18.5 Å². The standard InChI is InChI=1S/C24H24ClFN4O3/c1-24(2,27)10-9-19(31)21-22(29-13-28-21)23(33)30-16-6-3-14(4-7-16)11-20(32)17-8-5-15(26)12-18(17)25/h3-8,12-13H,9-11,27H2,1-2H3,(H,28,29)(H,30,33). The van der Waals surface area contributed by atoms with Crippen LogP contribution in [0.2, 0.25) is 5.02 Å². The lowest BCUT2D eigenvalue weighted by molar-refractivity contribution is 0.0951. The van der Waals surface area contributed by atoms with Crippen molar-refractivity contribution in [1.82, 2.24) is 9.97 Å². The molecule has 0 aliphatic rings. The number of H-pyrrole nitrogens is 1. The highest BCUT2D eigenvalue weighted by Crippen LogP contribution is 2.20. The number of Topliss-reactive ketones (excluding diaryl/α,β-unsaturated/α-hetero) is 2. The van der Waals surface area contributed by atoms with Crippen LogP contribution in [0.1, 0.15) is 63.6 Å². The Hall–Kier alpha value is -3.36. The Morgan fingerprint density at radius 1 is 1.12 bits per heavy atom. The number of benzene rings is 2. The molecule has 3 rings (SSSR count). The first-order chi connectivity index (χ1) is 15.5. The molecular formula is C24H24ClFN4O3. The molecule has 0 saturated heterocycles. The minimum absolute atomic E-state index is 0.0591. The smallest absolute Gasteiger partial charge is 0.274 e. The van der Waals surface area contributed by atoms with Crippen LogP contribution in [0.3, 0.4) is 0 Å². The fourth-order valence-electron chi connectivity index (χ4n) is 3.13. The van der Waals surface area contributed by atoms with Crippen molar-refractivity contribution in [2.75, 3.05) is 5.32 Å². The number of aromatic nitrogens is 2. The first-order valence-electron chi connectivity index (χ1n) is 10.3. The number of rotatable bonds is 9. The Kier molecular flexibility index (Phi) is 7.40. The van der Waals surface area contributed by atoms with Gasteiger partial charge in [0, 0.05) is 29.6 Å². The Morgan fingerprint density at radius 2 is 1.82 bits per heavy atom. The third kappa shape index (κ3) is 6.57. The lowest BCUT2D eigenvalue weighted by atomic mass is 9.97. The maximum Gasteiger partial charge on any atom is 0.274 e. The third-order valence-corrected chi connectivity index (χ3v) is 5.25. The van der Waals surface area contributed by atoms with Crippen LogP contribution in [0.25, 0.3) is 0 Å². The molecule has 33 heavy (non-hydrogen) atoms. The third-order valence-electron chi connectivity index (χ3n) is 4.93. The van der Waals surface area contributed by atoms with Crippen LogP contribution < -0.4 is 11.1 Å². The molecule has 0 spiro atoms. The minimum Gasteiger partial charge on any atom is -0.340 e. The average molecular weight is 471 g/mol. The van der Waals surface area contributed by atoms with Gasteiger partial charge in [-0.1, -0.05) is 23.7 Å². The van der Waals surface area contributed by atoms with Gasteiger partial charge in [-0.3, -0.25) is 14.4 Å². The number of halogens is 2. The summed E-state index contributed by atoms with van der Waals surface area (Å²) < 4.78 is 13.2. The number of hydrogen-bond donors (Lipinski definition) is 3. The van der Waals surface area contributed by atoms with Crippen LogP contribution in [0.5, 0.6) is 0 Å². The van der Waals surface area contributed by atoms with E-state index in [4.69, 9.17) is 17.3 Å². The van der Waals surface area contributed by atoms with E-state index in [1.807, 2.05) is 13.8 Å². The summed E-state index contributed by atoms with van der Waals surface area (Å²) in [6.45, 7) is 3.65. The Bertz CT molecular complexity index is 1180. The number of imidazole rings is 1. The molecule has 1 amide bonds. The van der Waals surface area contributed by atoms with E-state index in [0.717, 1.165) is 6.07 Å². The number of aromatic amines is 1. The summed E-state index contributed by atoms with van der Waals surface area (Å²) in [6, 6.07) is 10.3. The molecule has 0 saturated carbocycles. The summed E-state index contributed by atoms with van der Waals surface area (Å²) in [6.07, 6.45) is 2.00. The zero-order chi connectivity index (χ0) is 24.2. The highest BCUT2D eigenvalue weighted by atomic mass is 35.5. The van der Waals surface area contributed by atoms with Crippen molar-refractivity contribution in [2.24, 2.45) is 5.73 Å². The number of carbonyl (C=O) groups is 3. The van der Waals surface area contributed by atoms with Gasteiger partial charge in [0.25, 0.3) is 5.91 Å². The largest absolute Gasteiger partial charge is 0.340 e. The van der Waals surface area contributed by atoms with Gasteiger partial charge in [0.15, 0.2) is 11.6 Å². The molecule has 1 aromatic heterocycles. The molecule has 0 unspecified atom stereocenters. The number of nitrogens with two attached hydrogens (primary N) is 1. The van der Waals surface area contributed by atoms with Crippen molar-refractivity contribution in [3.8, 4) is 0 Å². The van der Waals surface area contributed by atoms with Crippen LogP contribution in [-0.4, -0.2) is 33.0 Å². The van der Waals surface area contributed by atoms with Gasteiger partial charge in [-0.15, -0.1) is 0 Å². The number of nitrogens with zero attached hydrogens (tertiary/aromatic N) is 1. The predicted octanol–water partition coefficient (Wildman–Crippen LogP) is 4.58. The van der Waals surface area contributed by atoms with Gasteiger partial charge in [0.1, 0.15) is 17.2 Å². The van der Waals surface area contributed by atoms with E-state index in [1.54, 1.807) is 24.3 Å². The Morgan fingerprint density at radius 3 is 2.45 bits per heavy atom. The van der Waals surface area contributed by atoms with Gasteiger partial charge < -0.3 is 16.0 Å². The fraction of sp³-hybridized carbons (Fsp3) is 0.250. The summed E-state index contributed by atoms with van der Waals surface area (Å²) in [5.41, 5.74) is 6.97. The van der Waals surface area contributed by atoms with E-state index in [2.05, 4.69) is 15.3 Å². The monoisotopic (exact) mass is 470 g/mol. The van der Waals surface area contributed by atoms with Crippen LogP contribution in [0.4, 0.5) is 10.1 Å². The Balaban J connectivity index is 1.63. The number of nitrogens with one attached hydrogen (secondary N) is 2. The number of hydrogen-bond acceptors (Lipinski definition) is 5. The molecular weight excluding hydrogens is 447 g/mol. The molecule has 0 fully saturated rings. The predicted molar refractivity (Wildman–Crippen MR) is 124 cm³/mol. The number of carbonyl (C=O) groups excluding carboxylic acids is 3. The van der Waals surface area contributed by atoms with Crippen molar-refractivity contribution in [3.05, 3.63) is 82.1 Å². The first-order valence-corrected chi connectivity index (χ1v) is 10.7. The van der Waals surface area contributed by atoms with E-state index in [0.29, 0.717) is 17.7 Å². The average Bonchev–Trinajstić information content (AvgIpc) is 3.23. The molecule has 0 radical (unpaired) electrons. The second-order valence-electron chi connectivity index (χ2n) is 8.41. The zero-order valence-corrected chi connectivity index (χ0v) is 19.0. The van der Waals surface area contributed by atoms with E-state index >= 15 is 0 Å². The van der Waals surface area contributed by atoms with Crippen molar-refractivity contribution >= 4 is 34.8 Å². The topological polar surface area (TPSA) is 118 Å². The van der Waals surface area contributed by atoms with E-state index in [-0.39, 0.29) is 46.4 Å². The molecule has 4 N–H and O–H groups in total. The normalized spacial score (nSPS) is 11.3. The number of ketones is 2. The summed E-state index contributed by atoms with van der Waals surface area (Å²) >= 11 is 5.95. The van der Waals surface area contributed by atoms with Gasteiger partial charge in [-0.25, -0.2) is 9.37 Å². The second kappa shape index (κ2) is 10.1. The summed E-state index contributed by atoms with van der Waals surface area (Å²) in [5.74, 6) is -1.54. The fourth-order valence-corrected chi connectivity index (χ4v) is 3.40. The summed E-state index contributed by atoms with van der Waals surface area (Å²) in [4.78, 5) is 44.3. The van der Waals surface area contributed by atoms with Gasteiger partial charge in [0.05, 0.1) is 11.3 Å². The van der Waals surface area contributed by atoms with Crippen molar-refractivity contribution in [3.63, 3.8) is 0 Å². The summed E-state index contributed by atoms with van der Waals surface area (Å²) in [7, 11) is 0. The van der Waals surface area contributed by atoms with Gasteiger partial charge in [-0.2, -0.15) is 0 Å². The molecule has 0 aliphatic heterocycles. The highest BCUT2D eigenvalue weighted by Gasteiger charge is 2.22. The van der Waals surface area contributed by atoms with E-state index in [9.17, 15) is 18.8 Å². The van der Waals surface area contributed by atoms with Crippen LogP contribution in [0.15, 0.2) is 48.8 Å².